The summed E-state index contributed by atoms with van der Waals surface area (Å²) >= 11 is 0. The highest BCUT2D eigenvalue weighted by Crippen LogP contribution is 1.97. The van der Waals surface area contributed by atoms with Gasteiger partial charge in [-0.05, 0) is 0 Å². The van der Waals surface area contributed by atoms with Crippen molar-refractivity contribution >= 4 is 5.65 Å². The molecule has 0 fully saturated rings. The highest BCUT2D eigenvalue weighted by molar-refractivity contribution is 5.36. The van der Waals surface area contributed by atoms with Crippen LogP contribution < -0.4 is 5.56 Å². The van der Waals surface area contributed by atoms with E-state index in [9.17, 15) is 4.79 Å². The molecule has 5 nitrogen and oxygen atoms in total. The first kappa shape index (κ1) is 8.00. The highest BCUT2D eigenvalue weighted by Gasteiger charge is 2.01. The maximum Gasteiger partial charge on any atom is 0.272 e. The van der Waals surface area contributed by atoms with Crippen molar-refractivity contribution in [2.75, 3.05) is 7.11 Å². The van der Waals surface area contributed by atoms with Crippen molar-refractivity contribution in [2.45, 2.75) is 6.61 Å². The van der Waals surface area contributed by atoms with Crippen LogP contribution in [0.25, 0.3) is 5.65 Å². The van der Waals surface area contributed by atoms with E-state index in [0.717, 1.165) is 0 Å². The van der Waals surface area contributed by atoms with Crippen molar-refractivity contribution in [3.8, 4) is 0 Å². The Morgan fingerprint density at radius 3 is 3.31 bits per heavy atom. The van der Waals surface area contributed by atoms with Crippen molar-refractivity contribution in [1.82, 2.24) is 14.6 Å². The number of aromatic nitrogens is 3. The fraction of sp³-hybridized carbons (Fsp3) is 0.250. The van der Waals surface area contributed by atoms with Gasteiger partial charge in [0.15, 0.2) is 5.65 Å². The number of fused-ring (bicyclic) bond motifs is 1. The van der Waals surface area contributed by atoms with Gasteiger partial charge in [-0.3, -0.25) is 9.89 Å². The molecule has 0 aliphatic rings. The largest absolute Gasteiger partial charge is 0.378 e. The van der Waals surface area contributed by atoms with Gasteiger partial charge in [0.05, 0.1) is 12.3 Å². The van der Waals surface area contributed by atoms with Gasteiger partial charge in [0.25, 0.3) is 5.56 Å². The van der Waals surface area contributed by atoms with E-state index in [2.05, 4.69) is 10.1 Å². The predicted molar refractivity (Wildman–Crippen MR) is 46.5 cm³/mol. The molecule has 0 aliphatic heterocycles. The SMILES string of the molecule is COCc1cc(=O)n2[nH]ccc2n1. The number of nitrogens with zero attached hydrogens (tertiary/aromatic N) is 2. The molecule has 0 saturated heterocycles. The average molecular weight is 179 g/mol. The summed E-state index contributed by atoms with van der Waals surface area (Å²) in [5.74, 6) is 0. The second-order valence-electron chi connectivity index (χ2n) is 2.67. The molecular formula is C8H9N3O2. The Balaban J connectivity index is 2.63. The lowest BCUT2D eigenvalue weighted by molar-refractivity contribution is 0.181. The van der Waals surface area contributed by atoms with E-state index in [4.69, 9.17) is 4.74 Å². The molecule has 0 unspecified atom stereocenters. The molecule has 13 heavy (non-hydrogen) atoms. The average Bonchev–Trinajstić information content (AvgIpc) is 2.53. The van der Waals surface area contributed by atoms with Gasteiger partial charge in [-0.2, -0.15) is 0 Å². The number of hydrogen-bond acceptors (Lipinski definition) is 3. The quantitative estimate of drug-likeness (QED) is 0.714. The summed E-state index contributed by atoms with van der Waals surface area (Å²) in [6, 6.07) is 3.19. The Morgan fingerprint density at radius 1 is 1.69 bits per heavy atom. The van der Waals surface area contributed by atoms with Crippen LogP contribution in [0.2, 0.25) is 0 Å². The molecule has 0 aliphatic carbocycles. The zero-order chi connectivity index (χ0) is 9.26. The molecule has 0 saturated carbocycles. The Morgan fingerprint density at radius 2 is 2.54 bits per heavy atom. The number of H-pyrrole nitrogens is 1. The van der Waals surface area contributed by atoms with Gasteiger partial charge in [0.2, 0.25) is 0 Å². The second-order valence-corrected chi connectivity index (χ2v) is 2.67. The molecule has 2 heterocycles. The van der Waals surface area contributed by atoms with Crippen molar-refractivity contribution < 1.29 is 4.74 Å². The summed E-state index contributed by atoms with van der Waals surface area (Å²) < 4.78 is 6.26. The maximum absolute atomic E-state index is 11.4. The number of nitrogens with one attached hydrogen (secondary N) is 1. The molecule has 2 rings (SSSR count). The van der Waals surface area contributed by atoms with Crippen LogP contribution in [0.5, 0.6) is 0 Å². The molecule has 0 aromatic carbocycles. The third-order valence-electron chi connectivity index (χ3n) is 1.73. The highest BCUT2D eigenvalue weighted by atomic mass is 16.5. The zero-order valence-corrected chi connectivity index (χ0v) is 7.15. The van der Waals surface area contributed by atoms with Crippen molar-refractivity contribution in [3.63, 3.8) is 0 Å². The van der Waals surface area contributed by atoms with Gasteiger partial charge in [-0.1, -0.05) is 0 Å². The molecule has 1 N–H and O–H groups in total. The number of ether oxygens (including phenoxy) is 1. The normalized spacial score (nSPS) is 10.8. The third-order valence-corrected chi connectivity index (χ3v) is 1.73. The summed E-state index contributed by atoms with van der Waals surface area (Å²) in [5, 5.41) is 2.76. The minimum atomic E-state index is -0.123. The summed E-state index contributed by atoms with van der Waals surface area (Å²) in [5.41, 5.74) is 1.13. The first-order valence-corrected chi connectivity index (χ1v) is 3.86. The third kappa shape index (κ3) is 1.33. The van der Waals surface area contributed by atoms with Gasteiger partial charge < -0.3 is 4.74 Å². The smallest absolute Gasteiger partial charge is 0.272 e. The topological polar surface area (TPSA) is 59.4 Å². The Hall–Kier alpha value is -1.62. The van der Waals surface area contributed by atoms with Crippen molar-refractivity contribution in [2.24, 2.45) is 0 Å². The fourth-order valence-corrected chi connectivity index (χ4v) is 1.20. The van der Waals surface area contributed by atoms with Crippen molar-refractivity contribution in [3.05, 3.63) is 34.4 Å². The second kappa shape index (κ2) is 3.02. The molecule has 68 valence electrons. The Kier molecular flexibility index (Phi) is 1.86. The van der Waals surface area contributed by atoms with E-state index in [1.807, 2.05) is 0 Å². The Labute approximate surface area is 74.0 Å². The monoisotopic (exact) mass is 179 g/mol. The first-order chi connectivity index (χ1) is 6.31. The predicted octanol–water partition coefficient (Wildman–Crippen LogP) is 0.169. The van der Waals surface area contributed by atoms with Crippen LogP contribution in [0.15, 0.2) is 23.1 Å². The number of hydrogen-bond donors (Lipinski definition) is 1. The standard InChI is InChI=1S/C8H9N3O2/c1-13-5-6-4-8(12)11-7(10-6)2-3-9-11/h2-4,9H,5H2,1H3. The van der Waals surface area contributed by atoms with Crippen LogP contribution in [0, 0.1) is 0 Å². The lowest BCUT2D eigenvalue weighted by Gasteiger charge is -1.98. The zero-order valence-electron chi connectivity index (χ0n) is 7.15. The van der Waals surface area contributed by atoms with Crippen molar-refractivity contribution in [1.29, 1.82) is 0 Å². The molecule has 5 heteroatoms. The van der Waals surface area contributed by atoms with Crippen LogP contribution in [-0.2, 0) is 11.3 Å². The minimum absolute atomic E-state index is 0.123. The van der Waals surface area contributed by atoms with Crippen LogP contribution in [-0.4, -0.2) is 21.7 Å². The van der Waals surface area contributed by atoms with Crippen LogP contribution in [0.4, 0.5) is 0 Å². The summed E-state index contributed by atoms with van der Waals surface area (Å²) in [6.45, 7) is 0.358. The van der Waals surface area contributed by atoms with Gasteiger partial charge >= 0.3 is 0 Å². The molecule has 0 radical (unpaired) electrons. The molecule has 0 bridgehead atoms. The molecule has 2 aromatic heterocycles. The lowest BCUT2D eigenvalue weighted by atomic mass is 10.4. The number of rotatable bonds is 2. The van der Waals surface area contributed by atoms with Crippen LogP contribution in [0.1, 0.15) is 5.69 Å². The number of aromatic amines is 1. The maximum atomic E-state index is 11.4. The van der Waals surface area contributed by atoms with Gasteiger partial charge in [0, 0.05) is 25.4 Å². The van der Waals surface area contributed by atoms with E-state index in [0.29, 0.717) is 17.9 Å². The van der Waals surface area contributed by atoms with E-state index in [1.54, 1.807) is 19.4 Å². The molecule has 0 atom stereocenters. The molecular weight excluding hydrogens is 170 g/mol. The summed E-state index contributed by atoms with van der Waals surface area (Å²) in [4.78, 5) is 15.6. The fourth-order valence-electron chi connectivity index (χ4n) is 1.20. The summed E-state index contributed by atoms with van der Waals surface area (Å²) in [6.07, 6.45) is 1.67. The van der Waals surface area contributed by atoms with E-state index >= 15 is 0 Å². The molecule has 2 aromatic rings. The van der Waals surface area contributed by atoms with Crippen LogP contribution in [0.3, 0.4) is 0 Å². The number of methoxy groups -OCH3 is 1. The first-order valence-electron chi connectivity index (χ1n) is 3.86. The van der Waals surface area contributed by atoms with Crippen LogP contribution >= 0.6 is 0 Å². The Bertz CT molecular complexity index is 471. The summed E-state index contributed by atoms with van der Waals surface area (Å²) in [7, 11) is 1.57. The molecule has 0 amide bonds. The van der Waals surface area contributed by atoms with Gasteiger partial charge in [0.1, 0.15) is 0 Å². The van der Waals surface area contributed by atoms with Gasteiger partial charge in [-0.25, -0.2) is 9.50 Å². The van der Waals surface area contributed by atoms with Gasteiger partial charge in [-0.15, -0.1) is 0 Å². The minimum Gasteiger partial charge on any atom is -0.378 e. The lowest BCUT2D eigenvalue weighted by Crippen LogP contribution is -2.15. The van der Waals surface area contributed by atoms with E-state index in [-0.39, 0.29) is 5.56 Å². The molecule has 0 spiro atoms. The van der Waals surface area contributed by atoms with E-state index in [1.165, 1.54) is 10.6 Å². The van der Waals surface area contributed by atoms with E-state index < -0.39 is 0 Å².